The standard InChI is InChI=1S/C12H18N2O3S/c1-4-13-12(15)9(2)14-10-7-5-6-8-11(10)18(3,16)17/h5-9,14H,4H2,1-3H3,(H,13,15). The zero-order chi connectivity index (χ0) is 13.8. The molecule has 1 atom stereocenters. The van der Waals surface area contributed by atoms with Gasteiger partial charge in [0.25, 0.3) is 0 Å². The third-order valence-electron chi connectivity index (χ3n) is 2.40. The number of likely N-dealkylation sites (N-methyl/N-ethyl adjacent to an activating group) is 1. The fourth-order valence-corrected chi connectivity index (χ4v) is 2.39. The molecule has 2 N–H and O–H groups in total. The van der Waals surface area contributed by atoms with Crippen molar-refractivity contribution in [1.82, 2.24) is 5.32 Å². The van der Waals surface area contributed by atoms with Crippen LogP contribution in [0.25, 0.3) is 0 Å². The van der Waals surface area contributed by atoms with Crippen LogP contribution in [0, 0.1) is 0 Å². The average molecular weight is 270 g/mol. The van der Waals surface area contributed by atoms with Crippen LogP contribution in [0.3, 0.4) is 0 Å². The summed E-state index contributed by atoms with van der Waals surface area (Å²) in [7, 11) is -3.31. The van der Waals surface area contributed by atoms with Gasteiger partial charge in [-0.25, -0.2) is 8.42 Å². The molecule has 5 nitrogen and oxygen atoms in total. The number of carbonyl (C=O) groups excluding carboxylic acids is 1. The lowest BCUT2D eigenvalue weighted by atomic mass is 10.2. The van der Waals surface area contributed by atoms with Crippen molar-refractivity contribution in [1.29, 1.82) is 0 Å². The van der Waals surface area contributed by atoms with Crippen LogP contribution in [0.15, 0.2) is 29.2 Å². The maximum absolute atomic E-state index is 11.6. The number of hydrogen-bond acceptors (Lipinski definition) is 4. The van der Waals surface area contributed by atoms with Gasteiger partial charge in [0.05, 0.1) is 10.6 Å². The van der Waals surface area contributed by atoms with Crippen LogP contribution in [0.2, 0.25) is 0 Å². The summed E-state index contributed by atoms with van der Waals surface area (Å²) < 4.78 is 23.2. The fourth-order valence-electron chi connectivity index (χ4n) is 1.54. The van der Waals surface area contributed by atoms with Gasteiger partial charge in [-0.05, 0) is 26.0 Å². The number of rotatable bonds is 5. The molecule has 0 saturated heterocycles. The third kappa shape index (κ3) is 3.73. The van der Waals surface area contributed by atoms with E-state index in [1.807, 2.05) is 6.92 Å². The van der Waals surface area contributed by atoms with E-state index >= 15 is 0 Å². The topological polar surface area (TPSA) is 75.3 Å². The quantitative estimate of drug-likeness (QED) is 0.838. The van der Waals surface area contributed by atoms with Crippen molar-refractivity contribution in [3.05, 3.63) is 24.3 Å². The Balaban J connectivity index is 2.95. The smallest absolute Gasteiger partial charge is 0.242 e. The molecule has 18 heavy (non-hydrogen) atoms. The maximum atomic E-state index is 11.6. The van der Waals surface area contributed by atoms with Gasteiger partial charge in [0, 0.05) is 12.8 Å². The van der Waals surface area contributed by atoms with Crippen LogP contribution in [-0.4, -0.2) is 33.2 Å². The summed E-state index contributed by atoms with van der Waals surface area (Å²) in [5.41, 5.74) is 0.443. The van der Waals surface area contributed by atoms with E-state index in [0.29, 0.717) is 12.2 Å². The first-order valence-corrected chi connectivity index (χ1v) is 7.58. The monoisotopic (exact) mass is 270 g/mol. The largest absolute Gasteiger partial charge is 0.373 e. The van der Waals surface area contributed by atoms with E-state index < -0.39 is 15.9 Å². The Kier molecular flexibility index (Phi) is 4.72. The predicted molar refractivity (Wildman–Crippen MR) is 71.3 cm³/mol. The van der Waals surface area contributed by atoms with Crippen LogP contribution in [0.5, 0.6) is 0 Å². The first-order chi connectivity index (χ1) is 8.36. The molecule has 0 radical (unpaired) electrons. The molecule has 1 aromatic rings. The van der Waals surface area contributed by atoms with E-state index in [9.17, 15) is 13.2 Å². The molecule has 0 aliphatic carbocycles. The number of para-hydroxylation sites is 1. The first-order valence-electron chi connectivity index (χ1n) is 5.69. The average Bonchev–Trinajstić information content (AvgIpc) is 2.28. The summed E-state index contributed by atoms with van der Waals surface area (Å²) >= 11 is 0. The summed E-state index contributed by atoms with van der Waals surface area (Å²) in [5.74, 6) is -0.166. The van der Waals surface area contributed by atoms with Crippen LogP contribution < -0.4 is 10.6 Å². The molecule has 1 amide bonds. The summed E-state index contributed by atoms with van der Waals surface area (Å²) in [6.07, 6.45) is 1.14. The summed E-state index contributed by atoms with van der Waals surface area (Å²) in [4.78, 5) is 11.8. The second-order valence-electron chi connectivity index (χ2n) is 4.03. The van der Waals surface area contributed by atoms with Crippen molar-refractivity contribution in [3.63, 3.8) is 0 Å². The third-order valence-corrected chi connectivity index (χ3v) is 3.56. The zero-order valence-corrected chi connectivity index (χ0v) is 11.5. The Bertz CT molecular complexity index is 526. The number of benzene rings is 1. The Morgan fingerprint density at radius 3 is 2.50 bits per heavy atom. The highest BCUT2D eigenvalue weighted by molar-refractivity contribution is 7.90. The molecule has 0 heterocycles. The zero-order valence-electron chi connectivity index (χ0n) is 10.7. The fraction of sp³-hybridized carbons (Fsp3) is 0.417. The normalized spacial score (nSPS) is 12.8. The Hall–Kier alpha value is -1.56. The van der Waals surface area contributed by atoms with Crippen molar-refractivity contribution in [3.8, 4) is 0 Å². The van der Waals surface area contributed by atoms with Crippen molar-refractivity contribution >= 4 is 21.4 Å². The van der Waals surface area contributed by atoms with E-state index in [1.165, 1.54) is 6.07 Å². The molecule has 1 rings (SSSR count). The second kappa shape index (κ2) is 5.86. The highest BCUT2D eigenvalue weighted by atomic mass is 32.2. The molecule has 0 saturated carbocycles. The van der Waals surface area contributed by atoms with Crippen LogP contribution >= 0.6 is 0 Å². The second-order valence-corrected chi connectivity index (χ2v) is 6.01. The van der Waals surface area contributed by atoms with E-state index in [4.69, 9.17) is 0 Å². The van der Waals surface area contributed by atoms with Crippen LogP contribution in [0.4, 0.5) is 5.69 Å². The minimum absolute atomic E-state index is 0.166. The molecule has 100 valence electrons. The van der Waals surface area contributed by atoms with Gasteiger partial charge in [-0.3, -0.25) is 4.79 Å². The van der Waals surface area contributed by atoms with Crippen molar-refractivity contribution in [2.24, 2.45) is 0 Å². The van der Waals surface area contributed by atoms with Crippen LogP contribution in [0.1, 0.15) is 13.8 Å². The van der Waals surface area contributed by atoms with E-state index in [1.54, 1.807) is 25.1 Å². The minimum Gasteiger partial charge on any atom is -0.373 e. The van der Waals surface area contributed by atoms with Crippen molar-refractivity contribution < 1.29 is 13.2 Å². The first kappa shape index (κ1) is 14.5. The predicted octanol–water partition coefficient (Wildman–Crippen LogP) is 1.03. The van der Waals surface area contributed by atoms with E-state index in [-0.39, 0.29) is 10.8 Å². The molecule has 1 unspecified atom stereocenters. The number of amides is 1. The minimum atomic E-state index is -3.31. The summed E-state index contributed by atoms with van der Waals surface area (Å²) in [6.45, 7) is 4.05. The molecule has 0 aliphatic rings. The van der Waals surface area contributed by atoms with Gasteiger partial charge >= 0.3 is 0 Å². The van der Waals surface area contributed by atoms with Crippen LogP contribution in [-0.2, 0) is 14.6 Å². The highest BCUT2D eigenvalue weighted by Gasteiger charge is 2.17. The number of nitrogens with one attached hydrogen (secondary N) is 2. The van der Waals surface area contributed by atoms with Gasteiger partial charge in [-0.2, -0.15) is 0 Å². The molecule has 0 bridgehead atoms. The van der Waals surface area contributed by atoms with Crippen molar-refractivity contribution in [2.45, 2.75) is 24.8 Å². The molecule has 0 fully saturated rings. The molecule has 0 aliphatic heterocycles. The Morgan fingerprint density at radius 2 is 1.94 bits per heavy atom. The lowest BCUT2D eigenvalue weighted by Crippen LogP contribution is -2.37. The van der Waals surface area contributed by atoms with Gasteiger partial charge in [-0.1, -0.05) is 12.1 Å². The van der Waals surface area contributed by atoms with Gasteiger partial charge in [0.15, 0.2) is 9.84 Å². The number of sulfone groups is 1. The molecular formula is C12H18N2O3S. The Morgan fingerprint density at radius 1 is 1.33 bits per heavy atom. The molecule has 0 spiro atoms. The van der Waals surface area contributed by atoms with E-state index in [0.717, 1.165) is 6.26 Å². The lowest BCUT2D eigenvalue weighted by Gasteiger charge is -2.16. The van der Waals surface area contributed by atoms with Gasteiger partial charge in [0.2, 0.25) is 5.91 Å². The van der Waals surface area contributed by atoms with E-state index in [2.05, 4.69) is 10.6 Å². The molecule has 1 aromatic carbocycles. The Labute approximate surface area is 108 Å². The molecule has 6 heteroatoms. The molecular weight excluding hydrogens is 252 g/mol. The SMILES string of the molecule is CCNC(=O)C(C)Nc1ccccc1S(C)(=O)=O. The van der Waals surface area contributed by atoms with Gasteiger partial charge in [-0.15, -0.1) is 0 Å². The molecule has 0 aromatic heterocycles. The maximum Gasteiger partial charge on any atom is 0.242 e. The summed E-state index contributed by atoms with van der Waals surface area (Å²) in [5, 5.41) is 5.58. The van der Waals surface area contributed by atoms with Crippen molar-refractivity contribution in [2.75, 3.05) is 18.1 Å². The van der Waals surface area contributed by atoms with Gasteiger partial charge in [0.1, 0.15) is 6.04 Å². The number of carbonyl (C=O) groups is 1. The number of hydrogen-bond donors (Lipinski definition) is 2. The van der Waals surface area contributed by atoms with Gasteiger partial charge < -0.3 is 10.6 Å². The summed E-state index contributed by atoms with van der Waals surface area (Å²) in [6, 6.07) is 6.04. The highest BCUT2D eigenvalue weighted by Crippen LogP contribution is 2.21. The number of anilines is 1. The lowest BCUT2D eigenvalue weighted by molar-refractivity contribution is -0.121.